The van der Waals surface area contributed by atoms with Crippen LogP contribution in [0, 0.1) is 17.7 Å². The summed E-state index contributed by atoms with van der Waals surface area (Å²) in [6, 6.07) is 9.20. The second-order valence-electron chi connectivity index (χ2n) is 8.33. The number of piperidine rings is 1. The maximum absolute atomic E-state index is 13.9. The predicted octanol–water partition coefficient (Wildman–Crippen LogP) is 3.22. The first-order valence-electron chi connectivity index (χ1n) is 10.6. The summed E-state index contributed by atoms with van der Waals surface area (Å²) >= 11 is 1.12. The van der Waals surface area contributed by atoms with Gasteiger partial charge in [-0.05, 0) is 55.3 Å². The van der Waals surface area contributed by atoms with Crippen LogP contribution in [0.4, 0.5) is 4.39 Å². The molecule has 170 valence electrons. The Balaban J connectivity index is 1.48. The van der Waals surface area contributed by atoms with Gasteiger partial charge in [0.05, 0.1) is 0 Å². The lowest BCUT2D eigenvalue weighted by Crippen LogP contribution is -2.50. The number of nitrogens with zero attached hydrogens (tertiary/aromatic N) is 1. The molecule has 1 atom stereocenters. The molecule has 0 saturated carbocycles. The van der Waals surface area contributed by atoms with E-state index in [2.05, 4.69) is 14.9 Å². The van der Waals surface area contributed by atoms with Crippen molar-refractivity contribution in [3.63, 3.8) is 0 Å². The van der Waals surface area contributed by atoms with Crippen molar-refractivity contribution in [2.24, 2.45) is 11.8 Å². The Hall–Kier alpha value is -1.81. The lowest BCUT2D eigenvalue weighted by Gasteiger charge is -2.32. The molecule has 2 heterocycles. The standard InChI is InChI=1S/C22H30FN3O3S2/c1-16(2)21(25-31(28,29)20-8-5-13-30-20)22(27)24-14-17-9-11-26(12-10-17)15-18-6-3-4-7-19(18)23/h3-8,13,16-17,21,25H,9-12,14-15H2,1-2H3,(H,24,27)/t21-/m0/s1. The van der Waals surface area contributed by atoms with Crippen molar-refractivity contribution in [3.8, 4) is 0 Å². The molecule has 31 heavy (non-hydrogen) atoms. The van der Waals surface area contributed by atoms with E-state index in [1.807, 2.05) is 26.0 Å². The van der Waals surface area contributed by atoms with Gasteiger partial charge >= 0.3 is 0 Å². The van der Waals surface area contributed by atoms with Crippen LogP contribution in [0.25, 0.3) is 0 Å². The van der Waals surface area contributed by atoms with Gasteiger partial charge < -0.3 is 5.32 Å². The summed E-state index contributed by atoms with van der Waals surface area (Å²) in [4.78, 5) is 15.0. The van der Waals surface area contributed by atoms with Crippen LogP contribution in [-0.2, 0) is 21.4 Å². The number of sulfonamides is 1. The molecule has 1 aliphatic heterocycles. The summed E-state index contributed by atoms with van der Waals surface area (Å²) in [7, 11) is -3.72. The van der Waals surface area contributed by atoms with E-state index in [1.165, 1.54) is 12.1 Å². The van der Waals surface area contributed by atoms with Gasteiger partial charge in [-0.2, -0.15) is 4.72 Å². The molecule has 2 aromatic rings. The van der Waals surface area contributed by atoms with Crippen molar-refractivity contribution in [1.82, 2.24) is 14.9 Å². The zero-order chi connectivity index (χ0) is 22.4. The molecule has 6 nitrogen and oxygen atoms in total. The highest BCUT2D eigenvalue weighted by molar-refractivity contribution is 7.91. The Kier molecular flexibility index (Phi) is 8.21. The molecule has 0 aliphatic carbocycles. The normalized spacial score (nSPS) is 17.0. The van der Waals surface area contributed by atoms with E-state index in [9.17, 15) is 17.6 Å². The molecular weight excluding hydrogens is 437 g/mol. The second-order valence-corrected chi connectivity index (χ2v) is 11.2. The SMILES string of the molecule is CC(C)[C@H](NS(=O)(=O)c1cccs1)C(=O)NCC1CCN(Cc2ccccc2F)CC1. The molecule has 1 aromatic heterocycles. The van der Waals surface area contributed by atoms with Gasteiger partial charge in [0, 0.05) is 18.7 Å². The van der Waals surface area contributed by atoms with Crippen LogP contribution in [0.3, 0.4) is 0 Å². The van der Waals surface area contributed by atoms with Gasteiger partial charge in [0.2, 0.25) is 5.91 Å². The van der Waals surface area contributed by atoms with Gasteiger partial charge in [0.1, 0.15) is 16.1 Å². The van der Waals surface area contributed by atoms with E-state index in [0.29, 0.717) is 24.6 Å². The number of carbonyl (C=O) groups excluding carboxylic acids is 1. The van der Waals surface area contributed by atoms with Crippen LogP contribution >= 0.6 is 11.3 Å². The average molecular weight is 468 g/mol. The Morgan fingerprint density at radius 1 is 1.19 bits per heavy atom. The van der Waals surface area contributed by atoms with Crippen molar-refractivity contribution in [3.05, 3.63) is 53.2 Å². The minimum absolute atomic E-state index is 0.179. The van der Waals surface area contributed by atoms with Crippen LogP contribution in [0.5, 0.6) is 0 Å². The van der Waals surface area contributed by atoms with Crippen molar-refractivity contribution in [2.45, 2.75) is 43.5 Å². The van der Waals surface area contributed by atoms with Crippen LogP contribution in [-0.4, -0.2) is 44.9 Å². The lowest BCUT2D eigenvalue weighted by atomic mass is 9.96. The number of halogens is 1. The quantitative estimate of drug-likeness (QED) is 0.594. The molecule has 1 fully saturated rings. The third kappa shape index (κ3) is 6.58. The van der Waals surface area contributed by atoms with Crippen LogP contribution in [0.2, 0.25) is 0 Å². The van der Waals surface area contributed by atoms with E-state index < -0.39 is 16.1 Å². The summed E-state index contributed by atoms with van der Waals surface area (Å²) in [5, 5.41) is 4.63. The number of rotatable bonds is 9. The Morgan fingerprint density at radius 3 is 2.52 bits per heavy atom. The number of benzene rings is 1. The number of nitrogens with one attached hydrogen (secondary N) is 2. The van der Waals surface area contributed by atoms with E-state index in [1.54, 1.807) is 17.5 Å². The first-order chi connectivity index (χ1) is 14.8. The van der Waals surface area contributed by atoms with Gasteiger partial charge in [-0.15, -0.1) is 11.3 Å². The number of amides is 1. The fourth-order valence-corrected chi connectivity index (χ4v) is 6.06. The topological polar surface area (TPSA) is 78.5 Å². The van der Waals surface area contributed by atoms with E-state index >= 15 is 0 Å². The first kappa shape index (κ1) is 23.8. The van der Waals surface area contributed by atoms with Gasteiger partial charge in [-0.3, -0.25) is 9.69 Å². The summed E-state index contributed by atoms with van der Waals surface area (Å²) in [6.45, 7) is 6.42. The number of hydrogen-bond acceptors (Lipinski definition) is 5. The molecule has 0 bridgehead atoms. The Morgan fingerprint density at radius 2 is 1.90 bits per heavy atom. The largest absolute Gasteiger partial charge is 0.354 e. The third-order valence-electron chi connectivity index (χ3n) is 5.62. The molecule has 2 N–H and O–H groups in total. The van der Waals surface area contributed by atoms with Crippen molar-refractivity contribution >= 4 is 27.3 Å². The summed E-state index contributed by atoms with van der Waals surface area (Å²) < 4.78 is 41.6. The molecule has 0 unspecified atom stereocenters. The second kappa shape index (κ2) is 10.7. The zero-order valence-electron chi connectivity index (χ0n) is 17.9. The monoisotopic (exact) mass is 467 g/mol. The number of hydrogen-bond donors (Lipinski definition) is 2. The molecule has 0 spiro atoms. The van der Waals surface area contributed by atoms with Crippen molar-refractivity contribution in [2.75, 3.05) is 19.6 Å². The minimum Gasteiger partial charge on any atom is -0.354 e. The van der Waals surface area contributed by atoms with Crippen LogP contribution < -0.4 is 10.0 Å². The van der Waals surface area contributed by atoms with E-state index in [-0.39, 0.29) is 21.9 Å². The summed E-state index contributed by atoms with van der Waals surface area (Å²) in [5.74, 6) is -0.342. The highest BCUT2D eigenvalue weighted by Gasteiger charge is 2.29. The Labute approximate surface area is 187 Å². The van der Waals surface area contributed by atoms with Crippen LogP contribution in [0.15, 0.2) is 46.0 Å². The fourth-order valence-electron chi connectivity index (χ4n) is 3.71. The molecule has 1 saturated heterocycles. The van der Waals surface area contributed by atoms with Gasteiger partial charge in [-0.25, -0.2) is 12.8 Å². The highest BCUT2D eigenvalue weighted by atomic mass is 32.2. The predicted molar refractivity (Wildman–Crippen MR) is 121 cm³/mol. The Bertz CT molecular complexity index is 956. The van der Waals surface area contributed by atoms with E-state index in [0.717, 1.165) is 37.3 Å². The molecule has 3 rings (SSSR count). The summed E-state index contributed by atoms with van der Waals surface area (Å²) in [6.07, 6.45) is 1.81. The molecular formula is C22H30FN3O3S2. The summed E-state index contributed by atoms with van der Waals surface area (Å²) in [5.41, 5.74) is 0.701. The number of carbonyl (C=O) groups is 1. The highest BCUT2D eigenvalue weighted by Crippen LogP contribution is 2.20. The fraction of sp³-hybridized carbons (Fsp3) is 0.500. The molecule has 0 radical (unpaired) electrons. The van der Waals surface area contributed by atoms with Gasteiger partial charge in [0.25, 0.3) is 10.0 Å². The number of thiophene rings is 1. The van der Waals surface area contributed by atoms with E-state index in [4.69, 9.17) is 0 Å². The van der Waals surface area contributed by atoms with Crippen molar-refractivity contribution < 1.29 is 17.6 Å². The maximum Gasteiger partial charge on any atom is 0.250 e. The smallest absolute Gasteiger partial charge is 0.250 e. The van der Waals surface area contributed by atoms with Crippen molar-refractivity contribution in [1.29, 1.82) is 0 Å². The maximum atomic E-state index is 13.9. The third-order valence-corrected chi connectivity index (χ3v) is 8.45. The first-order valence-corrected chi connectivity index (χ1v) is 12.9. The van der Waals surface area contributed by atoms with Gasteiger partial charge in [0.15, 0.2) is 0 Å². The minimum atomic E-state index is -3.72. The molecule has 1 aliphatic rings. The lowest BCUT2D eigenvalue weighted by molar-refractivity contribution is -0.123. The average Bonchev–Trinajstić information content (AvgIpc) is 3.29. The molecule has 9 heteroatoms. The number of likely N-dealkylation sites (tertiary alicyclic amines) is 1. The van der Waals surface area contributed by atoms with Gasteiger partial charge in [-0.1, -0.05) is 38.1 Å². The van der Waals surface area contributed by atoms with Crippen LogP contribution in [0.1, 0.15) is 32.3 Å². The molecule has 1 aromatic carbocycles. The molecule has 1 amide bonds. The zero-order valence-corrected chi connectivity index (χ0v) is 19.5.